The molecule has 3 rings (SSSR count). The van der Waals surface area contributed by atoms with Crippen molar-refractivity contribution in [1.29, 1.82) is 0 Å². The van der Waals surface area contributed by atoms with Crippen molar-refractivity contribution in [3.8, 4) is 0 Å². The summed E-state index contributed by atoms with van der Waals surface area (Å²) in [5, 5.41) is 0. The molecule has 0 spiro atoms. The molecule has 0 bridgehead atoms. The monoisotopic (exact) mass is 421 g/mol. The van der Waals surface area contributed by atoms with Crippen molar-refractivity contribution in [1.82, 2.24) is 8.87 Å². The Morgan fingerprint density at radius 2 is 1.79 bits per heavy atom. The fraction of sp³-hybridized carbons (Fsp3) is 0.263. The Morgan fingerprint density at radius 1 is 1.14 bits per heavy atom. The van der Waals surface area contributed by atoms with E-state index in [4.69, 9.17) is 0 Å². The van der Waals surface area contributed by atoms with Gasteiger partial charge >= 0.3 is 0 Å². The van der Waals surface area contributed by atoms with E-state index in [0.29, 0.717) is 28.1 Å². The van der Waals surface area contributed by atoms with E-state index in [9.17, 15) is 17.6 Å². The van der Waals surface area contributed by atoms with Gasteiger partial charge in [-0.25, -0.2) is 12.8 Å². The average molecular weight is 422 g/mol. The number of fused-ring (bicyclic) bond motifs is 1. The summed E-state index contributed by atoms with van der Waals surface area (Å²) < 4.78 is 42.6. The van der Waals surface area contributed by atoms with Crippen LogP contribution in [0.4, 0.5) is 4.39 Å². The van der Waals surface area contributed by atoms with Crippen molar-refractivity contribution >= 4 is 37.5 Å². The minimum absolute atomic E-state index is 0.127. The molecule has 0 N–H and O–H groups in total. The first-order valence-corrected chi connectivity index (χ1v) is 11.0. The zero-order valence-corrected chi connectivity index (χ0v) is 17.3. The van der Waals surface area contributed by atoms with Crippen LogP contribution in [0.15, 0.2) is 52.4 Å². The molecule has 0 atom stereocenters. The van der Waals surface area contributed by atoms with Gasteiger partial charge in [-0.3, -0.25) is 4.79 Å². The maximum Gasteiger partial charge on any atom is 0.279 e. The Labute approximate surface area is 166 Å². The van der Waals surface area contributed by atoms with Crippen LogP contribution in [0, 0.1) is 5.82 Å². The average Bonchev–Trinajstić information content (AvgIpc) is 2.99. The fourth-order valence-electron chi connectivity index (χ4n) is 2.90. The number of sulfonamides is 1. The Kier molecular flexibility index (Phi) is 5.78. The number of aryl methyl sites for hydroxylation is 1. The molecule has 1 aromatic heterocycles. The molecule has 0 fully saturated rings. The number of para-hydroxylation sites is 1. The second kappa shape index (κ2) is 7.94. The van der Waals surface area contributed by atoms with Gasteiger partial charge in [-0.1, -0.05) is 31.3 Å². The van der Waals surface area contributed by atoms with Crippen LogP contribution in [-0.2, 0) is 17.1 Å². The van der Waals surface area contributed by atoms with Gasteiger partial charge in [0.25, 0.3) is 5.91 Å². The van der Waals surface area contributed by atoms with Gasteiger partial charge in [0.1, 0.15) is 5.82 Å². The lowest BCUT2D eigenvalue weighted by atomic mass is 10.2. The SMILES string of the molecule is CCN(CC)S(=O)(=O)c1ccc(C(=O)N=c2sc3cccc(F)c3n2C)cc1. The summed E-state index contributed by atoms with van der Waals surface area (Å²) in [6.07, 6.45) is 0. The normalized spacial score (nSPS) is 12.8. The molecular formula is C19H20FN3O3S2. The molecule has 28 heavy (non-hydrogen) atoms. The highest BCUT2D eigenvalue weighted by Gasteiger charge is 2.21. The minimum Gasteiger partial charge on any atom is -0.317 e. The zero-order chi connectivity index (χ0) is 20.5. The smallest absolute Gasteiger partial charge is 0.279 e. The summed E-state index contributed by atoms with van der Waals surface area (Å²) in [5.41, 5.74) is 0.649. The lowest BCUT2D eigenvalue weighted by molar-refractivity contribution is 0.0998. The zero-order valence-electron chi connectivity index (χ0n) is 15.7. The second-order valence-electron chi connectivity index (χ2n) is 6.06. The number of amides is 1. The van der Waals surface area contributed by atoms with E-state index in [1.54, 1.807) is 33.0 Å². The minimum atomic E-state index is -3.58. The molecule has 0 saturated carbocycles. The lowest BCUT2D eigenvalue weighted by Crippen LogP contribution is -2.30. The van der Waals surface area contributed by atoms with E-state index in [1.165, 1.54) is 50.5 Å². The molecule has 1 amide bonds. The van der Waals surface area contributed by atoms with Gasteiger partial charge in [0.15, 0.2) is 4.80 Å². The largest absolute Gasteiger partial charge is 0.317 e. The predicted octanol–water partition coefficient (Wildman–Crippen LogP) is 3.15. The molecular weight excluding hydrogens is 401 g/mol. The number of halogens is 1. The molecule has 9 heteroatoms. The first kappa shape index (κ1) is 20.4. The molecule has 6 nitrogen and oxygen atoms in total. The first-order valence-electron chi connectivity index (χ1n) is 8.73. The third-order valence-electron chi connectivity index (χ3n) is 4.41. The predicted molar refractivity (Wildman–Crippen MR) is 107 cm³/mol. The lowest BCUT2D eigenvalue weighted by Gasteiger charge is -2.18. The molecule has 2 aromatic carbocycles. The van der Waals surface area contributed by atoms with Crippen molar-refractivity contribution in [2.45, 2.75) is 18.7 Å². The number of carbonyl (C=O) groups excluding carboxylic acids is 1. The molecule has 0 radical (unpaired) electrons. The molecule has 3 aromatic rings. The van der Waals surface area contributed by atoms with E-state index in [0.717, 1.165) is 0 Å². The standard InChI is InChI=1S/C19H20FN3O3S2/c1-4-23(5-2)28(25,26)14-11-9-13(10-12-14)18(24)21-19-22(3)17-15(20)7-6-8-16(17)27-19/h6-12H,4-5H2,1-3H3. The Bertz CT molecular complexity index is 1190. The maximum absolute atomic E-state index is 14.0. The molecule has 0 aliphatic heterocycles. The summed E-state index contributed by atoms with van der Waals surface area (Å²) in [5.74, 6) is -0.898. The van der Waals surface area contributed by atoms with Crippen LogP contribution < -0.4 is 4.80 Å². The number of carbonyl (C=O) groups is 1. The molecule has 0 aliphatic rings. The Hall–Kier alpha value is -2.36. The first-order chi connectivity index (χ1) is 13.3. The van der Waals surface area contributed by atoms with Crippen LogP contribution in [0.5, 0.6) is 0 Å². The van der Waals surface area contributed by atoms with Gasteiger partial charge in [-0.2, -0.15) is 9.30 Å². The van der Waals surface area contributed by atoms with E-state index in [2.05, 4.69) is 4.99 Å². The third-order valence-corrected chi connectivity index (χ3v) is 7.58. The van der Waals surface area contributed by atoms with E-state index >= 15 is 0 Å². The van der Waals surface area contributed by atoms with Crippen molar-refractivity contribution in [3.63, 3.8) is 0 Å². The van der Waals surface area contributed by atoms with Crippen molar-refractivity contribution in [2.24, 2.45) is 12.0 Å². The fourth-order valence-corrected chi connectivity index (χ4v) is 5.39. The van der Waals surface area contributed by atoms with E-state index in [-0.39, 0.29) is 16.3 Å². The highest BCUT2D eigenvalue weighted by Crippen LogP contribution is 2.20. The van der Waals surface area contributed by atoms with Gasteiger partial charge in [-0.15, -0.1) is 0 Å². The highest BCUT2D eigenvalue weighted by molar-refractivity contribution is 7.89. The van der Waals surface area contributed by atoms with Gasteiger partial charge in [0.2, 0.25) is 10.0 Å². The summed E-state index contributed by atoms with van der Waals surface area (Å²) in [6, 6.07) is 10.4. The number of hydrogen-bond donors (Lipinski definition) is 0. The van der Waals surface area contributed by atoms with Crippen LogP contribution in [0.3, 0.4) is 0 Å². The second-order valence-corrected chi connectivity index (χ2v) is 9.01. The van der Waals surface area contributed by atoms with Gasteiger partial charge in [0, 0.05) is 25.7 Å². The van der Waals surface area contributed by atoms with Crippen LogP contribution in [0.25, 0.3) is 10.2 Å². The van der Waals surface area contributed by atoms with Gasteiger partial charge < -0.3 is 4.57 Å². The van der Waals surface area contributed by atoms with Crippen LogP contribution in [0.1, 0.15) is 24.2 Å². The molecule has 148 valence electrons. The van der Waals surface area contributed by atoms with Crippen LogP contribution in [0.2, 0.25) is 0 Å². The maximum atomic E-state index is 14.0. The van der Waals surface area contributed by atoms with Crippen molar-refractivity contribution in [2.75, 3.05) is 13.1 Å². The summed E-state index contributed by atoms with van der Waals surface area (Å²) >= 11 is 1.21. The highest BCUT2D eigenvalue weighted by atomic mass is 32.2. The molecule has 1 heterocycles. The van der Waals surface area contributed by atoms with Gasteiger partial charge in [0.05, 0.1) is 15.1 Å². The number of aromatic nitrogens is 1. The number of benzene rings is 2. The van der Waals surface area contributed by atoms with Crippen LogP contribution in [-0.4, -0.2) is 36.3 Å². The summed E-state index contributed by atoms with van der Waals surface area (Å²) in [4.78, 5) is 17.1. The third kappa shape index (κ3) is 3.65. The number of nitrogens with zero attached hydrogens (tertiary/aromatic N) is 3. The van der Waals surface area contributed by atoms with Gasteiger partial charge in [-0.05, 0) is 36.4 Å². The number of hydrogen-bond acceptors (Lipinski definition) is 4. The van der Waals surface area contributed by atoms with E-state index < -0.39 is 15.9 Å². The topological polar surface area (TPSA) is 71.7 Å². The van der Waals surface area contributed by atoms with Crippen molar-refractivity contribution in [3.05, 3.63) is 58.6 Å². The van der Waals surface area contributed by atoms with Crippen LogP contribution >= 0.6 is 11.3 Å². The Morgan fingerprint density at radius 3 is 2.36 bits per heavy atom. The quantitative estimate of drug-likeness (QED) is 0.635. The summed E-state index contributed by atoms with van der Waals surface area (Å²) in [6.45, 7) is 4.28. The van der Waals surface area contributed by atoms with Crippen molar-refractivity contribution < 1.29 is 17.6 Å². The molecule has 0 aliphatic carbocycles. The Balaban J connectivity index is 1.96. The molecule has 0 unspecified atom stereocenters. The number of thiazole rings is 1. The molecule has 0 saturated heterocycles. The number of rotatable bonds is 5. The summed E-state index contributed by atoms with van der Waals surface area (Å²) in [7, 11) is -1.94. The van der Waals surface area contributed by atoms with E-state index in [1.807, 2.05) is 0 Å².